The largest absolute Gasteiger partial charge is 0.303 e. The van der Waals surface area contributed by atoms with Crippen LogP contribution in [0.25, 0.3) is 11.0 Å². The van der Waals surface area contributed by atoms with E-state index in [0.717, 1.165) is 43.5 Å². The van der Waals surface area contributed by atoms with Gasteiger partial charge in [0, 0.05) is 25.9 Å². The molecule has 2 aromatic rings. The van der Waals surface area contributed by atoms with Gasteiger partial charge in [0.25, 0.3) is 0 Å². The number of aromatic nitrogens is 2. The van der Waals surface area contributed by atoms with Gasteiger partial charge in [-0.2, -0.15) is 0 Å². The molecule has 0 aliphatic carbocycles. The number of rotatable bonds is 1. The van der Waals surface area contributed by atoms with Gasteiger partial charge in [-0.25, -0.2) is 9.97 Å². The highest BCUT2D eigenvalue weighted by molar-refractivity contribution is 5.74. The molecule has 1 aromatic heterocycles. The average molecular weight is 227 g/mol. The molecule has 3 nitrogen and oxygen atoms in total. The zero-order valence-corrected chi connectivity index (χ0v) is 10.2. The van der Waals surface area contributed by atoms with Crippen LogP contribution >= 0.6 is 0 Å². The van der Waals surface area contributed by atoms with Crippen LogP contribution in [0.15, 0.2) is 24.3 Å². The van der Waals surface area contributed by atoms with Crippen molar-refractivity contribution in [3.8, 4) is 0 Å². The van der Waals surface area contributed by atoms with Crippen molar-refractivity contribution in [2.24, 2.45) is 0 Å². The third-order valence-corrected chi connectivity index (χ3v) is 3.50. The summed E-state index contributed by atoms with van der Waals surface area (Å²) in [5.41, 5.74) is 4.44. The van der Waals surface area contributed by atoms with E-state index in [4.69, 9.17) is 9.97 Å². The van der Waals surface area contributed by atoms with Gasteiger partial charge >= 0.3 is 0 Å². The quantitative estimate of drug-likeness (QED) is 0.746. The van der Waals surface area contributed by atoms with E-state index < -0.39 is 0 Å². The highest BCUT2D eigenvalue weighted by atomic mass is 15.1. The van der Waals surface area contributed by atoms with E-state index in [1.807, 2.05) is 24.3 Å². The van der Waals surface area contributed by atoms with E-state index in [9.17, 15) is 0 Å². The molecular formula is C14H17N3. The summed E-state index contributed by atoms with van der Waals surface area (Å²) in [6, 6.07) is 8.15. The van der Waals surface area contributed by atoms with Crippen molar-refractivity contribution in [1.29, 1.82) is 0 Å². The fraction of sp³-hybridized carbons (Fsp3) is 0.429. The van der Waals surface area contributed by atoms with Gasteiger partial charge in [-0.05, 0) is 18.7 Å². The lowest BCUT2D eigenvalue weighted by atomic mass is 10.2. The second-order valence-electron chi connectivity index (χ2n) is 4.54. The van der Waals surface area contributed by atoms with E-state index >= 15 is 0 Å². The van der Waals surface area contributed by atoms with Crippen molar-refractivity contribution in [3.05, 3.63) is 35.7 Å². The standard InChI is InChI=1S/C14H17N3/c1-2-17-9-7-13-14(8-10-17)16-12-6-4-3-5-11(12)15-13/h3-6H,2,7-10H2,1H3. The van der Waals surface area contributed by atoms with Crippen LogP contribution in [0.4, 0.5) is 0 Å². The van der Waals surface area contributed by atoms with E-state index in [0.29, 0.717) is 0 Å². The van der Waals surface area contributed by atoms with Crippen LogP contribution in [0.1, 0.15) is 18.3 Å². The fourth-order valence-electron chi connectivity index (χ4n) is 2.43. The number of likely N-dealkylation sites (N-methyl/N-ethyl adjacent to an activating group) is 1. The van der Waals surface area contributed by atoms with Crippen LogP contribution in [0, 0.1) is 0 Å². The predicted octanol–water partition coefficient (Wildman–Crippen LogP) is 2.05. The van der Waals surface area contributed by atoms with E-state index in [2.05, 4.69) is 11.8 Å². The first-order chi connectivity index (χ1) is 8.36. The molecule has 0 amide bonds. The molecule has 3 heteroatoms. The summed E-state index contributed by atoms with van der Waals surface area (Å²) in [5, 5.41) is 0. The smallest absolute Gasteiger partial charge is 0.0890 e. The first-order valence-corrected chi connectivity index (χ1v) is 6.33. The lowest BCUT2D eigenvalue weighted by Crippen LogP contribution is -2.25. The molecular weight excluding hydrogens is 210 g/mol. The van der Waals surface area contributed by atoms with Gasteiger partial charge in [0.15, 0.2) is 0 Å². The van der Waals surface area contributed by atoms with Crippen molar-refractivity contribution >= 4 is 11.0 Å². The molecule has 0 unspecified atom stereocenters. The third-order valence-electron chi connectivity index (χ3n) is 3.50. The maximum absolute atomic E-state index is 4.76. The molecule has 0 saturated carbocycles. The molecule has 0 fully saturated rings. The van der Waals surface area contributed by atoms with E-state index in [1.165, 1.54) is 11.4 Å². The summed E-state index contributed by atoms with van der Waals surface area (Å²) in [4.78, 5) is 12.0. The van der Waals surface area contributed by atoms with Gasteiger partial charge in [-0.3, -0.25) is 0 Å². The van der Waals surface area contributed by atoms with Gasteiger partial charge in [-0.15, -0.1) is 0 Å². The molecule has 17 heavy (non-hydrogen) atoms. The Balaban J connectivity index is 2.03. The monoisotopic (exact) mass is 227 g/mol. The van der Waals surface area contributed by atoms with Crippen molar-refractivity contribution in [2.45, 2.75) is 19.8 Å². The summed E-state index contributed by atoms with van der Waals surface area (Å²) in [5.74, 6) is 0. The van der Waals surface area contributed by atoms with E-state index in [-0.39, 0.29) is 0 Å². The van der Waals surface area contributed by atoms with Crippen LogP contribution in [-0.4, -0.2) is 34.5 Å². The first kappa shape index (κ1) is 10.7. The number of hydrogen-bond donors (Lipinski definition) is 0. The summed E-state index contributed by atoms with van der Waals surface area (Å²) >= 11 is 0. The summed E-state index contributed by atoms with van der Waals surface area (Å²) < 4.78 is 0. The maximum Gasteiger partial charge on any atom is 0.0890 e. The number of para-hydroxylation sites is 2. The Kier molecular flexibility index (Phi) is 2.77. The lowest BCUT2D eigenvalue weighted by molar-refractivity contribution is 0.302. The SMILES string of the molecule is CCN1CCc2nc3ccccc3nc2CC1. The Morgan fingerprint density at radius 2 is 1.53 bits per heavy atom. The van der Waals surface area contributed by atoms with Crippen LogP contribution in [0.5, 0.6) is 0 Å². The number of hydrogen-bond acceptors (Lipinski definition) is 3. The minimum atomic E-state index is 1.02. The molecule has 1 aliphatic heterocycles. The topological polar surface area (TPSA) is 29.0 Å². The fourth-order valence-corrected chi connectivity index (χ4v) is 2.43. The molecule has 0 bridgehead atoms. The Bertz CT molecular complexity index is 489. The van der Waals surface area contributed by atoms with Crippen molar-refractivity contribution in [2.75, 3.05) is 19.6 Å². The molecule has 0 atom stereocenters. The molecule has 0 spiro atoms. The second-order valence-corrected chi connectivity index (χ2v) is 4.54. The van der Waals surface area contributed by atoms with E-state index in [1.54, 1.807) is 0 Å². The minimum Gasteiger partial charge on any atom is -0.303 e. The Hall–Kier alpha value is -1.48. The molecule has 1 aromatic carbocycles. The number of nitrogens with zero attached hydrogens (tertiary/aromatic N) is 3. The molecule has 1 aliphatic rings. The van der Waals surface area contributed by atoms with Gasteiger partial charge < -0.3 is 4.90 Å². The molecule has 0 saturated heterocycles. The van der Waals surface area contributed by atoms with Crippen LogP contribution in [0.3, 0.4) is 0 Å². The summed E-state index contributed by atoms with van der Waals surface area (Å²) in [7, 11) is 0. The first-order valence-electron chi connectivity index (χ1n) is 6.33. The molecule has 0 radical (unpaired) electrons. The van der Waals surface area contributed by atoms with Gasteiger partial charge in [0.05, 0.1) is 22.4 Å². The Morgan fingerprint density at radius 3 is 2.00 bits per heavy atom. The average Bonchev–Trinajstić information content (AvgIpc) is 2.58. The highest BCUT2D eigenvalue weighted by Gasteiger charge is 2.15. The van der Waals surface area contributed by atoms with Gasteiger partial charge in [0.1, 0.15) is 0 Å². The lowest BCUT2D eigenvalue weighted by Gasteiger charge is -2.15. The van der Waals surface area contributed by atoms with Crippen LogP contribution in [0.2, 0.25) is 0 Å². The third kappa shape index (κ3) is 2.03. The number of fused-ring (bicyclic) bond motifs is 2. The van der Waals surface area contributed by atoms with Crippen molar-refractivity contribution in [3.63, 3.8) is 0 Å². The van der Waals surface area contributed by atoms with Gasteiger partial charge in [-0.1, -0.05) is 19.1 Å². The highest BCUT2D eigenvalue weighted by Crippen LogP contribution is 2.16. The normalized spacial score (nSPS) is 16.8. The Morgan fingerprint density at radius 1 is 1.00 bits per heavy atom. The molecule has 2 heterocycles. The molecule has 3 rings (SSSR count). The van der Waals surface area contributed by atoms with Crippen molar-refractivity contribution < 1.29 is 0 Å². The van der Waals surface area contributed by atoms with Gasteiger partial charge in [0.2, 0.25) is 0 Å². The minimum absolute atomic E-state index is 1.02. The van der Waals surface area contributed by atoms with Crippen LogP contribution in [-0.2, 0) is 12.8 Å². The zero-order valence-electron chi connectivity index (χ0n) is 10.2. The second kappa shape index (κ2) is 4.41. The molecule has 0 N–H and O–H groups in total. The zero-order chi connectivity index (χ0) is 11.7. The number of benzene rings is 1. The Labute approximate surface area is 101 Å². The molecule has 88 valence electrons. The summed E-state index contributed by atoms with van der Waals surface area (Å²) in [6.45, 7) is 5.55. The van der Waals surface area contributed by atoms with Crippen LogP contribution < -0.4 is 0 Å². The summed E-state index contributed by atoms with van der Waals surface area (Å²) in [6.07, 6.45) is 2.06. The maximum atomic E-state index is 4.76. The predicted molar refractivity (Wildman–Crippen MR) is 69.1 cm³/mol. The van der Waals surface area contributed by atoms with Crippen molar-refractivity contribution in [1.82, 2.24) is 14.9 Å².